The van der Waals surface area contributed by atoms with Gasteiger partial charge in [0.15, 0.2) is 0 Å². The van der Waals surface area contributed by atoms with Crippen molar-refractivity contribution in [3.63, 3.8) is 0 Å². The van der Waals surface area contributed by atoms with Gasteiger partial charge in [0.25, 0.3) is 6.43 Å². The van der Waals surface area contributed by atoms with Crippen LogP contribution in [-0.2, 0) is 14.3 Å². The van der Waals surface area contributed by atoms with E-state index in [1.165, 1.54) is 24.3 Å². The van der Waals surface area contributed by atoms with Crippen molar-refractivity contribution >= 4 is 17.9 Å². The highest BCUT2D eigenvalue weighted by Gasteiger charge is 2.42. The molecule has 0 bridgehead atoms. The van der Waals surface area contributed by atoms with Gasteiger partial charge in [0.05, 0.1) is 0 Å². The largest absolute Gasteiger partial charge is 0.381 e. The van der Waals surface area contributed by atoms with Gasteiger partial charge in [-0.3, -0.25) is 9.69 Å². The Morgan fingerprint density at radius 1 is 1.41 bits per heavy atom. The normalized spacial score (nSPS) is 16.8. The Labute approximate surface area is 127 Å². The Morgan fingerprint density at radius 3 is 2.64 bits per heavy atom. The lowest BCUT2D eigenvalue weighted by Gasteiger charge is -2.41. The molecule has 1 fully saturated rings. The third-order valence-corrected chi connectivity index (χ3v) is 3.73. The summed E-state index contributed by atoms with van der Waals surface area (Å²) >= 11 is 0. The zero-order valence-corrected chi connectivity index (χ0v) is 11.8. The average molecular weight is 307 g/mol. The molecular weight excluding hydrogens is 292 g/mol. The SMILES string of the molecule is C#CC(=O)N(c1cccc(C(F)F)c1)C1(C=O)CCOCC1. The highest BCUT2D eigenvalue weighted by atomic mass is 19.3. The molecular formula is C16H15F2NO3. The molecule has 0 atom stereocenters. The van der Waals surface area contributed by atoms with Gasteiger partial charge in [-0.05, 0) is 18.1 Å². The number of carbonyl (C=O) groups is 2. The predicted octanol–water partition coefficient (Wildman–Crippen LogP) is 2.34. The van der Waals surface area contributed by atoms with Crippen molar-refractivity contribution in [3.8, 4) is 12.3 Å². The van der Waals surface area contributed by atoms with Gasteiger partial charge in [-0.1, -0.05) is 12.1 Å². The summed E-state index contributed by atoms with van der Waals surface area (Å²) < 4.78 is 31.0. The van der Waals surface area contributed by atoms with Gasteiger partial charge in [0.1, 0.15) is 11.8 Å². The zero-order chi connectivity index (χ0) is 16.2. The third-order valence-electron chi connectivity index (χ3n) is 3.73. The molecule has 0 unspecified atom stereocenters. The van der Waals surface area contributed by atoms with Crippen molar-refractivity contribution in [3.05, 3.63) is 29.8 Å². The average Bonchev–Trinajstić information content (AvgIpc) is 2.56. The summed E-state index contributed by atoms with van der Waals surface area (Å²) in [7, 11) is 0. The number of hydrogen-bond donors (Lipinski definition) is 0. The molecule has 0 radical (unpaired) electrons. The van der Waals surface area contributed by atoms with E-state index in [-0.39, 0.29) is 24.1 Å². The van der Waals surface area contributed by atoms with Crippen LogP contribution in [0.5, 0.6) is 0 Å². The summed E-state index contributed by atoms with van der Waals surface area (Å²) in [6.45, 7) is 0.587. The quantitative estimate of drug-likeness (QED) is 0.633. The number of aldehydes is 1. The standard InChI is InChI=1S/C16H15F2NO3/c1-2-14(21)19(16(11-20)6-8-22-9-7-16)13-5-3-4-12(10-13)15(17)18/h1,3-5,10-11,15H,6-9H2. The first kappa shape index (κ1) is 16.1. The van der Waals surface area contributed by atoms with Crippen LogP contribution in [0.3, 0.4) is 0 Å². The number of amides is 1. The molecule has 0 aromatic heterocycles. The van der Waals surface area contributed by atoms with Crippen LogP contribution in [0.25, 0.3) is 0 Å². The van der Waals surface area contributed by atoms with E-state index in [1.807, 2.05) is 5.92 Å². The summed E-state index contributed by atoms with van der Waals surface area (Å²) in [5, 5.41) is 0. The molecule has 1 saturated heterocycles. The van der Waals surface area contributed by atoms with E-state index in [0.717, 1.165) is 4.90 Å². The van der Waals surface area contributed by atoms with Crippen LogP contribution in [0.2, 0.25) is 0 Å². The van der Waals surface area contributed by atoms with Gasteiger partial charge >= 0.3 is 5.91 Å². The number of halogens is 2. The summed E-state index contributed by atoms with van der Waals surface area (Å²) in [5.41, 5.74) is -1.21. The van der Waals surface area contributed by atoms with Crippen LogP contribution in [0.15, 0.2) is 24.3 Å². The Kier molecular flexibility index (Phi) is 4.88. The van der Waals surface area contributed by atoms with Crippen molar-refractivity contribution in [2.45, 2.75) is 24.8 Å². The number of hydrogen-bond acceptors (Lipinski definition) is 3. The lowest BCUT2D eigenvalue weighted by atomic mass is 9.88. The van der Waals surface area contributed by atoms with E-state index in [2.05, 4.69) is 0 Å². The number of alkyl halides is 2. The maximum Gasteiger partial charge on any atom is 0.303 e. The Morgan fingerprint density at radius 2 is 2.09 bits per heavy atom. The number of rotatable bonds is 4. The van der Waals surface area contributed by atoms with Crippen molar-refractivity contribution in [1.29, 1.82) is 0 Å². The van der Waals surface area contributed by atoms with Gasteiger partial charge in [-0.2, -0.15) is 0 Å². The van der Waals surface area contributed by atoms with Crippen molar-refractivity contribution in [1.82, 2.24) is 0 Å². The lowest BCUT2D eigenvalue weighted by Crippen LogP contribution is -2.56. The molecule has 4 nitrogen and oxygen atoms in total. The fourth-order valence-corrected chi connectivity index (χ4v) is 2.56. The topological polar surface area (TPSA) is 46.6 Å². The van der Waals surface area contributed by atoms with Crippen molar-refractivity contribution in [2.75, 3.05) is 18.1 Å². The van der Waals surface area contributed by atoms with Crippen LogP contribution < -0.4 is 4.90 Å². The smallest absolute Gasteiger partial charge is 0.303 e. The van der Waals surface area contributed by atoms with Crippen LogP contribution in [0.1, 0.15) is 24.8 Å². The first-order chi connectivity index (χ1) is 10.5. The third kappa shape index (κ3) is 3.00. The molecule has 2 rings (SSSR count). The van der Waals surface area contributed by atoms with Gasteiger partial charge in [-0.25, -0.2) is 8.78 Å². The first-order valence-electron chi connectivity index (χ1n) is 6.77. The van der Waals surface area contributed by atoms with Gasteiger partial charge in [0, 0.05) is 37.3 Å². The second-order valence-corrected chi connectivity index (χ2v) is 5.01. The molecule has 116 valence electrons. The van der Waals surface area contributed by atoms with E-state index in [9.17, 15) is 18.4 Å². The van der Waals surface area contributed by atoms with Crippen LogP contribution in [0.4, 0.5) is 14.5 Å². The predicted molar refractivity (Wildman–Crippen MR) is 76.6 cm³/mol. The number of carbonyl (C=O) groups excluding carboxylic acids is 2. The molecule has 22 heavy (non-hydrogen) atoms. The number of anilines is 1. The van der Waals surface area contributed by atoms with Crippen LogP contribution in [0, 0.1) is 12.3 Å². The summed E-state index contributed by atoms with van der Waals surface area (Å²) in [5.74, 6) is 1.23. The number of terminal acetylenes is 1. The second-order valence-electron chi connectivity index (χ2n) is 5.01. The van der Waals surface area contributed by atoms with Gasteiger partial charge in [0.2, 0.25) is 0 Å². The van der Waals surface area contributed by atoms with E-state index in [4.69, 9.17) is 11.2 Å². The van der Waals surface area contributed by atoms with E-state index >= 15 is 0 Å². The molecule has 1 aliphatic rings. The van der Waals surface area contributed by atoms with E-state index < -0.39 is 17.9 Å². The Bertz CT molecular complexity index is 604. The van der Waals surface area contributed by atoms with Crippen molar-refractivity contribution in [2.24, 2.45) is 0 Å². The lowest BCUT2D eigenvalue weighted by molar-refractivity contribution is -0.122. The molecule has 1 amide bonds. The molecule has 1 heterocycles. The van der Waals surface area contributed by atoms with Crippen LogP contribution in [-0.4, -0.2) is 30.9 Å². The van der Waals surface area contributed by atoms with Crippen molar-refractivity contribution < 1.29 is 23.1 Å². The fourth-order valence-electron chi connectivity index (χ4n) is 2.56. The summed E-state index contributed by atoms with van der Waals surface area (Å²) in [6.07, 6.45) is 3.70. The molecule has 1 aromatic rings. The van der Waals surface area contributed by atoms with Gasteiger partial charge < -0.3 is 9.53 Å². The molecule has 0 N–H and O–H groups in total. The van der Waals surface area contributed by atoms with Gasteiger partial charge in [-0.15, -0.1) is 6.42 Å². The highest BCUT2D eigenvalue weighted by molar-refractivity contribution is 6.09. The maximum absolute atomic E-state index is 12.9. The number of nitrogens with zero attached hydrogens (tertiary/aromatic N) is 1. The minimum absolute atomic E-state index is 0.190. The summed E-state index contributed by atoms with van der Waals surface area (Å²) in [6, 6.07) is 5.33. The monoisotopic (exact) mass is 307 g/mol. The summed E-state index contributed by atoms with van der Waals surface area (Å²) in [4.78, 5) is 25.0. The Hall–Kier alpha value is -2.26. The number of ether oxygens (including phenoxy) is 1. The molecule has 0 spiro atoms. The molecule has 1 aromatic carbocycles. The minimum Gasteiger partial charge on any atom is -0.381 e. The van der Waals surface area contributed by atoms with E-state index in [0.29, 0.717) is 19.5 Å². The van der Waals surface area contributed by atoms with Crippen LogP contribution >= 0.6 is 0 Å². The molecule has 0 saturated carbocycles. The van der Waals surface area contributed by atoms with E-state index in [1.54, 1.807) is 0 Å². The zero-order valence-electron chi connectivity index (χ0n) is 11.8. The molecule has 0 aliphatic carbocycles. The Balaban J connectivity index is 2.51. The number of benzene rings is 1. The molecule has 6 heteroatoms. The minimum atomic E-state index is -2.68. The highest BCUT2D eigenvalue weighted by Crippen LogP contribution is 2.33. The molecule has 1 aliphatic heterocycles. The second kappa shape index (κ2) is 6.67. The first-order valence-corrected chi connectivity index (χ1v) is 6.77. The fraction of sp³-hybridized carbons (Fsp3) is 0.375. The maximum atomic E-state index is 12.9.